The highest BCUT2D eigenvalue weighted by atomic mass is 15.3. The van der Waals surface area contributed by atoms with Crippen LogP contribution in [0.3, 0.4) is 0 Å². The summed E-state index contributed by atoms with van der Waals surface area (Å²) >= 11 is 0. The molecule has 2 N–H and O–H groups in total. The molecule has 1 fully saturated rings. The summed E-state index contributed by atoms with van der Waals surface area (Å²) in [6.07, 6.45) is 3.46. The Bertz CT molecular complexity index is 589. The molecule has 3 heterocycles. The van der Waals surface area contributed by atoms with Crippen molar-refractivity contribution < 1.29 is 0 Å². The van der Waals surface area contributed by atoms with Gasteiger partial charge >= 0.3 is 0 Å². The molecule has 3 rings (SSSR count). The molecule has 5 nitrogen and oxygen atoms in total. The quantitative estimate of drug-likeness (QED) is 0.919. The van der Waals surface area contributed by atoms with E-state index in [1.54, 1.807) is 0 Å². The number of fused-ring (bicyclic) bond motifs is 1. The molecular weight excluding hydrogens is 250 g/mol. The first-order chi connectivity index (χ1) is 9.69. The van der Waals surface area contributed by atoms with Crippen LogP contribution < -0.4 is 5.73 Å². The minimum atomic E-state index is 0.488. The third-order valence-electron chi connectivity index (χ3n) is 4.20. The molecule has 1 atom stereocenters. The highest BCUT2D eigenvalue weighted by Crippen LogP contribution is 2.22. The maximum Gasteiger partial charge on any atom is 0.155 e. The van der Waals surface area contributed by atoms with Crippen molar-refractivity contribution in [2.45, 2.75) is 51.7 Å². The summed E-state index contributed by atoms with van der Waals surface area (Å²) in [7, 11) is 0. The molecule has 0 amide bonds. The first kappa shape index (κ1) is 13.5. The van der Waals surface area contributed by atoms with Crippen LogP contribution in [0.4, 0.5) is 0 Å². The Morgan fingerprint density at radius 2 is 2.25 bits per heavy atom. The van der Waals surface area contributed by atoms with Crippen LogP contribution in [0.2, 0.25) is 0 Å². The number of hydrogen-bond donors (Lipinski definition) is 1. The van der Waals surface area contributed by atoms with Crippen molar-refractivity contribution >= 4 is 5.65 Å². The molecular formula is C15H23N5. The molecule has 20 heavy (non-hydrogen) atoms. The lowest BCUT2D eigenvalue weighted by Gasteiger charge is -2.27. The smallest absolute Gasteiger partial charge is 0.155 e. The van der Waals surface area contributed by atoms with Gasteiger partial charge in [-0.15, -0.1) is 0 Å². The van der Waals surface area contributed by atoms with Crippen LogP contribution in [0.25, 0.3) is 5.65 Å². The van der Waals surface area contributed by atoms with Gasteiger partial charge in [0.25, 0.3) is 0 Å². The number of nitrogens with two attached hydrogens (primary N) is 1. The number of nitrogens with zero attached hydrogens (tertiary/aromatic N) is 4. The number of hydrogen-bond acceptors (Lipinski definition) is 4. The van der Waals surface area contributed by atoms with Gasteiger partial charge in [0, 0.05) is 25.0 Å². The molecule has 1 unspecified atom stereocenters. The molecule has 0 bridgehead atoms. The Morgan fingerprint density at radius 1 is 1.40 bits per heavy atom. The monoisotopic (exact) mass is 273 g/mol. The largest absolute Gasteiger partial charge is 0.325 e. The molecule has 108 valence electrons. The van der Waals surface area contributed by atoms with Crippen LogP contribution in [0.1, 0.15) is 38.2 Å². The summed E-state index contributed by atoms with van der Waals surface area (Å²) in [5.41, 5.74) is 7.66. The zero-order valence-electron chi connectivity index (χ0n) is 12.3. The average Bonchev–Trinajstić information content (AvgIpc) is 3.04. The summed E-state index contributed by atoms with van der Waals surface area (Å²) in [6, 6.07) is 7.16. The highest BCUT2D eigenvalue weighted by molar-refractivity contribution is 5.38. The van der Waals surface area contributed by atoms with Crippen molar-refractivity contribution in [1.29, 1.82) is 0 Å². The second-order valence-electron chi connectivity index (χ2n) is 5.85. The molecule has 2 aromatic rings. The van der Waals surface area contributed by atoms with Gasteiger partial charge in [0.1, 0.15) is 0 Å². The summed E-state index contributed by atoms with van der Waals surface area (Å²) in [5, 5.41) is 4.64. The molecule has 0 aliphatic carbocycles. The van der Waals surface area contributed by atoms with Crippen molar-refractivity contribution in [2.24, 2.45) is 5.73 Å². The molecule has 5 heteroatoms. The first-order valence-corrected chi connectivity index (χ1v) is 7.48. The predicted molar refractivity (Wildman–Crippen MR) is 79.4 cm³/mol. The second-order valence-corrected chi connectivity index (χ2v) is 5.85. The van der Waals surface area contributed by atoms with E-state index in [-0.39, 0.29) is 0 Å². The van der Waals surface area contributed by atoms with E-state index in [1.165, 1.54) is 19.4 Å². The van der Waals surface area contributed by atoms with Gasteiger partial charge in [0.05, 0.1) is 5.69 Å². The fourth-order valence-corrected chi connectivity index (χ4v) is 3.21. The first-order valence-electron chi connectivity index (χ1n) is 7.48. The summed E-state index contributed by atoms with van der Waals surface area (Å²) < 4.78 is 1.88. The van der Waals surface area contributed by atoms with Gasteiger partial charge in [0.15, 0.2) is 11.5 Å². The van der Waals surface area contributed by atoms with E-state index in [9.17, 15) is 0 Å². The van der Waals surface area contributed by atoms with Crippen LogP contribution in [-0.2, 0) is 13.0 Å². The molecule has 0 radical (unpaired) electrons. The van der Waals surface area contributed by atoms with Crippen molar-refractivity contribution in [3.63, 3.8) is 0 Å². The van der Waals surface area contributed by atoms with Crippen LogP contribution >= 0.6 is 0 Å². The molecule has 1 saturated heterocycles. The van der Waals surface area contributed by atoms with Gasteiger partial charge in [-0.05, 0) is 45.4 Å². The van der Waals surface area contributed by atoms with Gasteiger partial charge in [-0.25, -0.2) is 9.50 Å². The van der Waals surface area contributed by atoms with Crippen LogP contribution in [0.5, 0.6) is 0 Å². The van der Waals surface area contributed by atoms with E-state index in [0.717, 1.165) is 23.6 Å². The van der Waals surface area contributed by atoms with E-state index in [1.807, 2.05) is 22.7 Å². The van der Waals surface area contributed by atoms with E-state index in [0.29, 0.717) is 18.6 Å². The Hall–Kier alpha value is -1.46. The van der Waals surface area contributed by atoms with Gasteiger partial charge in [-0.2, -0.15) is 5.10 Å². The third-order valence-corrected chi connectivity index (χ3v) is 4.20. The van der Waals surface area contributed by atoms with E-state index >= 15 is 0 Å². The number of likely N-dealkylation sites (tertiary alicyclic amines) is 1. The molecule has 1 aliphatic rings. The zero-order chi connectivity index (χ0) is 14.1. The lowest BCUT2D eigenvalue weighted by atomic mass is 10.1. The molecule has 0 saturated carbocycles. The predicted octanol–water partition coefficient (Wildman–Crippen LogP) is 1.60. The van der Waals surface area contributed by atoms with Crippen molar-refractivity contribution in [1.82, 2.24) is 19.5 Å². The minimum Gasteiger partial charge on any atom is -0.325 e. The molecule has 2 aromatic heterocycles. The highest BCUT2D eigenvalue weighted by Gasteiger charge is 2.27. The molecule has 0 spiro atoms. The fourth-order valence-electron chi connectivity index (χ4n) is 3.21. The Labute approximate surface area is 119 Å². The topological polar surface area (TPSA) is 59.5 Å². The minimum absolute atomic E-state index is 0.488. The van der Waals surface area contributed by atoms with Crippen LogP contribution in [-0.4, -0.2) is 38.1 Å². The SMILES string of the molecule is CC(C)N1CCCC1Cc1nc2cccc(CN)n2n1. The van der Waals surface area contributed by atoms with Gasteiger partial charge in [0.2, 0.25) is 0 Å². The van der Waals surface area contributed by atoms with E-state index in [4.69, 9.17) is 5.73 Å². The van der Waals surface area contributed by atoms with Crippen LogP contribution in [0, 0.1) is 0 Å². The second kappa shape index (κ2) is 5.50. The molecule has 1 aliphatic heterocycles. The standard InChI is InChI=1S/C15H23N5/c1-11(2)19-8-4-6-12(19)9-14-17-15-7-3-5-13(10-16)20(15)18-14/h3,5,7,11-12H,4,6,8-10,16H2,1-2H3. The normalized spacial score (nSPS) is 20.3. The lowest BCUT2D eigenvalue weighted by Crippen LogP contribution is -2.36. The fraction of sp³-hybridized carbons (Fsp3) is 0.600. The Morgan fingerprint density at radius 3 is 3.00 bits per heavy atom. The number of aromatic nitrogens is 3. The lowest BCUT2D eigenvalue weighted by molar-refractivity contribution is 0.201. The van der Waals surface area contributed by atoms with Crippen molar-refractivity contribution in [2.75, 3.05) is 6.54 Å². The zero-order valence-corrected chi connectivity index (χ0v) is 12.3. The Balaban J connectivity index is 1.84. The maximum atomic E-state index is 5.75. The van der Waals surface area contributed by atoms with Gasteiger partial charge in [-0.1, -0.05) is 6.07 Å². The van der Waals surface area contributed by atoms with Crippen molar-refractivity contribution in [3.05, 3.63) is 29.7 Å². The van der Waals surface area contributed by atoms with E-state index < -0.39 is 0 Å². The number of rotatable bonds is 4. The van der Waals surface area contributed by atoms with Gasteiger partial charge < -0.3 is 5.73 Å². The average molecular weight is 273 g/mol. The summed E-state index contributed by atoms with van der Waals surface area (Å²) in [5.74, 6) is 0.934. The Kier molecular flexibility index (Phi) is 3.72. The molecule has 0 aromatic carbocycles. The summed E-state index contributed by atoms with van der Waals surface area (Å²) in [4.78, 5) is 7.21. The van der Waals surface area contributed by atoms with Crippen LogP contribution in [0.15, 0.2) is 18.2 Å². The number of pyridine rings is 1. The third kappa shape index (κ3) is 2.43. The van der Waals surface area contributed by atoms with E-state index in [2.05, 4.69) is 28.8 Å². The van der Waals surface area contributed by atoms with Crippen molar-refractivity contribution in [3.8, 4) is 0 Å². The maximum absolute atomic E-state index is 5.75. The van der Waals surface area contributed by atoms with Gasteiger partial charge in [-0.3, -0.25) is 4.90 Å². The summed E-state index contributed by atoms with van der Waals surface area (Å²) in [6.45, 7) is 6.22.